The molecule has 0 bridgehead atoms. The average molecular weight is 220 g/mol. The van der Waals surface area contributed by atoms with Crippen LogP contribution >= 0.6 is 0 Å². The summed E-state index contributed by atoms with van der Waals surface area (Å²) in [4.78, 5) is 11.1. The maximum absolute atomic E-state index is 4.54. The molecule has 0 atom stereocenters. The van der Waals surface area contributed by atoms with Gasteiger partial charge in [-0.25, -0.2) is 4.98 Å². The third-order valence-corrected chi connectivity index (χ3v) is 2.53. The Morgan fingerprint density at radius 2 is 1.94 bits per heavy atom. The molecule has 1 N–H and O–H groups in total. The molecule has 4 heteroatoms. The van der Waals surface area contributed by atoms with Crippen LogP contribution in [0.5, 0.6) is 0 Å². The molecule has 0 saturated carbocycles. The van der Waals surface area contributed by atoms with Gasteiger partial charge in [-0.2, -0.15) is 4.98 Å². The highest BCUT2D eigenvalue weighted by Crippen LogP contribution is 2.18. The molecule has 0 aliphatic carbocycles. The summed E-state index contributed by atoms with van der Waals surface area (Å²) in [5.74, 6) is 1.76. The number of anilines is 2. The molecule has 1 aromatic rings. The second-order valence-electron chi connectivity index (χ2n) is 5.31. The number of hydrogen-bond acceptors (Lipinski definition) is 4. The minimum absolute atomic E-state index is 0.0383. The fourth-order valence-corrected chi connectivity index (χ4v) is 1.87. The highest BCUT2D eigenvalue weighted by atomic mass is 15.3. The van der Waals surface area contributed by atoms with E-state index in [1.54, 1.807) is 0 Å². The van der Waals surface area contributed by atoms with Crippen molar-refractivity contribution < 1.29 is 0 Å². The van der Waals surface area contributed by atoms with Crippen LogP contribution in [0.1, 0.15) is 33.6 Å². The second kappa shape index (κ2) is 4.28. The molecule has 88 valence electrons. The zero-order valence-corrected chi connectivity index (χ0v) is 10.3. The van der Waals surface area contributed by atoms with Crippen LogP contribution in [-0.4, -0.2) is 28.6 Å². The van der Waals surface area contributed by atoms with Crippen LogP contribution in [0, 0.1) is 0 Å². The van der Waals surface area contributed by atoms with Crippen LogP contribution in [0.3, 0.4) is 0 Å². The smallest absolute Gasteiger partial charge is 0.227 e. The molecular weight excluding hydrogens is 200 g/mol. The van der Waals surface area contributed by atoms with E-state index in [1.807, 2.05) is 12.3 Å². The van der Waals surface area contributed by atoms with Gasteiger partial charge in [0.15, 0.2) is 0 Å². The lowest BCUT2D eigenvalue weighted by Crippen LogP contribution is -2.27. The topological polar surface area (TPSA) is 41.1 Å². The molecule has 1 fully saturated rings. The number of hydrogen-bond donors (Lipinski definition) is 1. The van der Waals surface area contributed by atoms with Crippen molar-refractivity contribution in [3.05, 3.63) is 12.3 Å². The van der Waals surface area contributed by atoms with Gasteiger partial charge in [-0.1, -0.05) is 0 Å². The number of nitrogens with zero attached hydrogens (tertiary/aromatic N) is 3. The van der Waals surface area contributed by atoms with Crippen molar-refractivity contribution in [2.75, 3.05) is 23.3 Å². The van der Waals surface area contributed by atoms with Crippen LogP contribution < -0.4 is 10.2 Å². The largest absolute Gasteiger partial charge is 0.365 e. The van der Waals surface area contributed by atoms with Crippen molar-refractivity contribution in [2.24, 2.45) is 0 Å². The molecule has 0 spiro atoms. The van der Waals surface area contributed by atoms with Gasteiger partial charge in [0.1, 0.15) is 5.82 Å². The summed E-state index contributed by atoms with van der Waals surface area (Å²) in [5.41, 5.74) is 0.0383. The normalized spacial score (nSPS) is 16.6. The molecule has 0 aromatic carbocycles. The van der Waals surface area contributed by atoms with E-state index in [0.29, 0.717) is 0 Å². The number of nitrogens with one attached hydrogen (secondary N) is 1. The van der Waals surface area contributed by atoms with Crippen LogP contribution in [-0.2, 0) is 0 Å². The summed E-state index contributed by atoms with van der Waals surface area (Å²) in [6.07, 6.45) is 4.33. The van der Waals surface area contributed by atoms with Crippen LogP contribution in [0.25, 0.3) is 0 Å². The fraction of sp³-hybridized carbons (Fsp3) is 0.667. The third kappa shape index (κ3) is 2.84. The zero-order chi connectivity index (χ0) is 11.6. The van der Waals surface area contributed by atoms with E-state index in [1.165, 1.54) is 12.8 Å². The van der Waals surface area contributed by atoms with E-state index in [-0.39, 0.29) is 5.54 Å². The number of rotatable bonds is 2. The maximum Gasteiger partial charge on any atom is 0.227 e. The van der Waals surface area contributed by atoms with Gasteiger partial charge in [-0.05, 0) is 39.7 Å². The van der Waals surface area contributed by atoms with Gasteiger partial charge in [-0.15, -0.1) is 0 Å². The first-order chi connectivity index (χ1) is 7.54. The molecule has 0 amide bonds. The van der Waals surface area contributed by atoms with Crippen LogP contribution in [0.15, 0.2) is 12.3 Å². The lowest BCUT2D eigenvalue weighted by atomic mass is 10.1. The lowest BCUT2D eigenvalue weighted by Gasteiger charge is -2.22. The SMILES string of the molecule is CC(C)(C)Nc1ccnc(N2CCCC2)n1. The highest BCUT2D eigenvalue weighted by Gasteiger charge is 2.16. The Morgan fingerprint density at radius 1 is 1.25 bits per heavy atom. The molecule has 1 saturated heterocycles. The maximum atomic E-state index is 4.54. The van der Waals surface area contributed by atoms with E-state index in [2.05, 4.69) is 41.0 Å². The summed E-state index contributed by atoms with van der Waals surface area (Å²) in [5, 5.41) is 3.37. The Balaban J connectivity index is 2.12. The van der Waals surface area contributed by atoms with E-state index in [0.717, 1.165) is 24.9 Å². The van der Waals surface area contributed by atoms with Gasteiger partial charge in [0.25, 0.3) is 0 Å². The minimum Gasteiger partial charge on any atom is -0.365 e. The van der Waals surface area contributed by atoms with Crippen molar-refractivity contribution in [3.63, 3.8) is 0 Å². The summed E-state index contributed by atoms with van der Waals surface area (Å²) in [6, 6.07) is 1.92. The predicted molar refractivity (Wildman–Crippen MR) is 66.9 cm³/mol. The van der Waals surface area contributed by atoms with Gasteiger partial charge in [0.2, 0.25) is 5.95 Å². The van der Waals surface area contributed by atoms with Crippen LogP contribution in [0.4, 0.5) is 11.8 Å². The molecule has 1 aliphatic heterocycles. The van der Waals surface area contributed by atoms with E-state index in [9.17, 15) is 0 Å². The van der Waals surface area contributed by atoms with Gasteiger partial charge >= 0.3 is 0 Å². The lowest BCUT2D eigenvalue weighted by molar-refractivity contribution is 0.629. The zero-order valence-electron chi connectivity index (χ0n) is 10.3. The van der Waals surface area contributed by atoms with Gasteiger partial charge < -0.3 is 10.2 Å². The van der Waals surface area contributed by atoms with E-state index < -0.39 is 0 Å². The highest BCUT2D eigenvalue weighted by molar-refractivity contribution is 5.43. The first-order valence-corrected chi connectivity index (χ1v) is 5.91. The first kappa shape index (κ1) is 11.2. The molecule has 2 heterocycles. The van der Waals surface area contributed by atoms with E-state index in [4.69, 9.17) is 0 Å². The quantitative estimate of drug-likeness (QED) is 0.830. The van der Waals surface area contributed by atoms with Crippen molar-refractivity contribution in [1.29, 1.82) is 0 Å². The third-order valence-electron chi connectivity index (χ3n) is 2.53. The fourth-order valence-electron chi connectivity index (χ4n) is 1.87. The molecule has 4 nitrogen and oxygen atoms in total. The summed E-state index contributed by atoms with van der Waals surface area (Å²) >= 11 is 0. The summed E-state index contributed by atoms with van der Waals surface area (Å²) in [7, 11) is 0. The first-order valence-electron chi connectivity index (χ1n) is 5.91. The molecule has 16 heavy (non-hydrogen) atoms. The number of aromatic nitrogens is 2. The Morgan fingerprint density at radius 3 is 2.56 bits per heavy atom. The molecule has 1 aliphatic rings. The molecule has 0 unspecified atom stereocenters. The molecular formula is C12H20N4. The van der Waals surface area contributed by atoms with Crippen molar-refractivity contribution in [1.82, 2.24) is 9.97 Å². The standard InChI is InChI=1S/C12H20N4/c1-12(2,3)15-10-6-7-13-11(14-10)16-8-4-5-9-16/h6-7H,4-5,8-9H2,1-3H3,(H,13,14,15). The molecule has 2 rings (SSSR count). The Hall–Kier alpha value is -1.32. The second-order valence-corrected chi connectivity index (χ2v) is 5.31. The van der Waals surface area contributed by atoms with Gasteiger partial charge in [0.05, 0.1) is 0 Å². The Kier molecular flexibility index (Phi) is 2.99. The van der Waals surface area contributed by atoms with Crippen molar-refractivity contribution in [3.8, 4) is 0 Å². The van der Waals surface area contributed by atoms with Crippen molar-refractivity contribution in [2.45, 2.75) is 39.2 Å². The minimum atomic E-state index is 0.0383. The average Bonchev–Trinajstić information content (AvgIpc) is 2.68. The van der Waals surface area contributed by atoms with Crippen molar-refractivity contribution >= 4 is 11.8 Å². The Labute approximate surface area is 97.1 Å². The van der Waals surface area contributed by atoms with E-state index >= 15 is 0 Å². The summed E-state index contributed by atoms with van der Waals surface area (Å²) in [6.45, 7) is 8.55. The van der Waals surface area contributed by atoms with Crippen LogP contribution in [0.2, 0.25) is 0 Å². The Bertz CT molecular complexity index is 350. The predicted octanol–water partition coefficient (Wildman–Crippen LogP) is 2.29. The molecule has 0 radical (unpaired) electrons. The van der Waals surface area contributed by atoms with Gasteiger partial charge in [0, 0.05) is 24.8 Å². The summed E-state index contributed by atoms with van der Waals surface area (Å²) < 4.78 is 0. The van der Waals surface area contributed by atoms with Gasteiger partial charge in [-0.3, -0.25) is 0 Å². The molecule has 1 aromatic heterocycles. The monoisotopic (exact) mass is 220 g/mol.